The maximum absolute atomic E-state index is 12.8. The minimum absolute atomic E-state index is 0.00170. The van der Waals surface area contributed by atoms with E-state index in [1.54, 1.807) is 7.11 Å². The molecule has 0 saturated carbocycles. The van der Waals surface area contributed by atoms with E-state index < -0.39 is 0 Å². The van der Waals surface area contributed by atoms with Gasteiger partial charge >= 0.3 is 0 Å². The molecule has 1 atom stereocenters. The first-order valence-electron chi connectivity index (χ1n) is 12.0. The summed E-state index contributed by atoms with van der Waals surface area (Å²) in [5, 5.41) is 3.25. The second-order valence-corrected chi connectivity index (χ2v) is 8.92. The maximum atomic E-state index is 12.8. The number of amides is 1. The number of carbonyl (C=O) groups is 1. The molecule has 0 aliphatic carbocycles. The highest BCUT2D eigenvalue weighted by atomic mass is 16.5. The Bertz CT molecular complexity index is 1090. The van der Waals surface area contributed by atoms with Crippen molar-refractivity contribution in [2.45, 2.75) is 12.6 Å². The number of hydrogen-bond donors (Lipinski definition) is 1. The molecule has 0 spiro atoms. The molecule has 2 aliphatic heterocycles. The molecule has 34 heavy (non-hydrogen) atoms. The lowest BCUT2D eigenvalue weighted by molar-refractivity contribution is 0.0925. The molecule has 1 saturated heterocycles. The third-order valence-corrected chi connectivity index (χ3v) is 6.87. The average molecular weight is 457 g/mol. The molecule has 3 aromatic rings. The van der Waals surface area contributed by atoms with Crippen molar-refractivity contribution in [3.05, 3.63) is 90.0 Å². The summed E-state index contributed by atoms with van der Waals surface area (Å²) in [5.74, 6) is 0.843. The van der Waals surface area contributed by atoms with E-state index >= 15 is 0 Å². The van der Waals surface area contributed by atoms with Gasteiger partial charge in [0.2, 0.25) is 0 Å². The third kappa shape index (κ3) is 4.87. The zero-order valence-electron chi connectivity index (χ0n) is 19.7. The zero-order valence-corrected chi connectivity index (χ0v) is 19.7. The van der Waals surface area contributed by atoms with Gasteiger partial charge < -0.3 is 19.9 Å². The van der Waals surface area contributed by atoms with Gasteiger partial charge in [-0.3, -0.25) is 9.69 Å². The fourth-order valence-corrected chi connectivity index (χ4v) is 4.93. The topological polar surface area (TPSA) is 48.1 Å². The summed E-state index contributed by atoms with van der Waals surface area (Å²) in [6.45, 7) is 5.98. The third-order valence-electron chi connectivity index (χ3n) is 6.87. The molecule has 1 N–H and O–H groups in total. The van der Waals surface area contributed by atoms with Crippen LogP contribution in [0.4, 0.5) is 11.4 Å². The van der Waals surface area contributed by atoms with E-state index in [4.69, 9.17) is 4.74 Å². The van der Waals surface area contributed by atoms with Crippen LogP contribution in [-0.2, 0) is 6.42 Å². The summed E-state index contributed by atoms with van der Waals surface area (Å²) < 4.78 is 5.30. The van der Waals surface area contributed by atoms with Crippen LogP contribution in [0.5, 0.6) is 5.75 Å². The monoisotopic (exact) mass is 456 g/mol. The second-order valence-electron chi connectivity index (χ2n) is 8.92. The van der Waals surface area contributed by atoms with E-state index in [9.17, 15) is 4.79 Å². The lowest BCUT2D eigenvalue weighted by Gasteiger charge is -2.41. The van der Waals surface area contributed by atoms with E-state index in [2.05, 4.69) is 68.5 Å². The molecular formula is C28H32N4O2. The molecule has 3 aromatic carbocycles. The Morgan fingerprint density at radius 1 is 0.853 bits per heavy atom. The number of anilines is 2. The predicted octanol–water partition coefficient (Wildman–Crippen LogP) is 3.64. The smallest absolute Gasteiger partial charge is 0.254 e. The van der Waals surface area contributed by atoms with Crippen molar-refractivity contribution in [2.75, 3.05) is 56.2 Å². The van der Waals surface area contributed by atoms with Crippen molar-refractivity contribution in [1.29, 1.82) is 0 Å². The highest BCUT2D eigenvalue weighted by molar-refractivity contribution is 6.02. The molecular weight excluding hydrogens is 424 g/mol. The van der Waals surface area contributed by atoms with Crippen LogP contribution in [-0.4, -0.2) is 63.4 Å². The molecule has 2 aliphatic rings. The van der Waals surface area contributed by atoms with E-state index in [0.29, 0.717) is 0 Å². The summed E-state index contributed by atoms with van der Waals surface area (Å²) in [4.78, 5) is 20.2. The van der Waals surface area contributed by atoms with Gasteiger partial charge in [-0.15, -0.1) is 0 Å². The Morgan fingerprint density at radius 2 is 1.56 bits per heavy atom. The zero-order chi connectivity index (χ0) is 23.3. The van der Waals surface area contributed by atoms with Crippen LogP contribution in [0.15, 0.2) is 78.9 Å². The molecule has 1 fully saturated rings. The molecule has 0 bridgehead atoms. The highest BCUT2D eigenvalue weighted by Crippen LogP contribution is 2.28. The minimum atomic E-state index is -0.0820. The standard InChI is InChI=1S/C28H32N4O2/c1-34-24-13-11-22(12-14-24)21-27-29-28(33)25-9-5-6-10-26(25)32(27)20-17-30-15-18-31(19-16-30)23-7-3-2-4-8-23/h2-14,27H,15-21H2,1H3,(H,29,33). The van der Waals surface area contributed by atoms with E-state index in [-0.39, 0.29) is 12.1 Å². The van der Waals surface area contributed by atoms with Gasteiger partial charge in [0.05, 0.1) is 18.4 Å². The van der Waals surface area contributed by atoms with Crippen molar-refractivity contribution in [3.63, 3.8) is 0 Å². The summed E-state index contributed by atoms with van der Waals surface area (Å²) in [5.41, 5.74) is 4.25. The summed E-state index contributed by atoms with van der Waals surface area (Å²) in [6.07, 6.45) is 0.660. The van der Waals surface area contributed by atoms with E-state index in [1.165, 1.54) is 11.3 Å². The SMILES string of the molecule is COc1ccc(CC2NC(=O)c3ccccc3N2CCN2CCN(c3ccccc3)CC2)cc1. The van der Waals surface area contributed by atoms with Gasteiger partial charge in [0.15, 0.2) is 0 Å². The number of ether oxygens (including phenoxy) is 1. The summed E-state index contributed by atoms with van der Waals surface area (Å²) >= 11 is 0. The first-order chi connectivity index (χ1) is 16.7. The average Bonchev–Trinajstić information content (AvgIpc) is 2.90. The Balaban J connectivity index is 1.27. The van der Waals surface area contributed by atoms with Gasteiger partial charge in [0, 0.05) is 51.4 Å². The van der Waals surface area contributed by atoms with Gasteiger partial charge in [-0.1, -0.05) is 42.5 Å². The molecule has 2 heterocycles. The Kier molecular flexibility index (Phi) is 6.67. The molecule has 0 radical (unpaired) electrons. The van der Waals surface area contributed by atoms with E-state index in [0.717, 1.165) is 62.7 Å². The quantitative estimate of drug-likeness (QED) is 0.588. The largest absolute Gasteiger partial charge is 0.497 e. The van der Waals surface area contributed by atoms with Gasteiger partial charge in [-0.2, -0.15) is 0 Å². The molecule has 5 rings (SSSR count). The van der Waals surface area contributed by atoms with Crippen LogP contribution < -0.4 is 19.9 Å². The lowest BCUT2D eigenvalue weighted by Crippen LogP contribution is -2.56. The fraction of sp³-hybridized carbons (Fsp3) is 0.321. The number of para-hydroxylation sites is 2. The van der Waals surface area contributed by atoms with Crippen LogP contribution in [0, 0.1) is 0 Å². The van der Waals surface area contributed by atoms with Crippen LogP contribution >= 0.6 is 0 Å². The van der Waals surface area contributed by atoms with Crippen molar-refractivity contribution in [3.8, 4) is 5.75 Å². The number of nitrogens with zero attached hydrogens (tertiary/aromatic N) is 3. The van der Waals surface area contributed by atoms with Crippen molar-refractivity contribution in [2.24, 2.45) is 0 Å². The normalized spacial score (nSPS) is 18.4. The lowest BCUT2D eigenvalue weighted by atomic mass is 10.0. The second kappa shape index (κ2) is 10.2. The van der Waals surface area contributed by atoms with Crippen LogP contribution in [0.25, 0.3) is 0 Å². The van der Waals surface area contributed by atoms with Gasteiger partial charge in [-0.05, 0) is 42.0 Å². The number of piperazine rings is 1. The predicted molar refractivity (Wildman–Crippen MR) is 137 cm³/mol. The first-order valence-corrected chi connectivity index (χ1v) is 12.0. The molecule has 6 heteroatoms. The Morgan fingerprint density at radius 3 is 2.29 bits per heavy atom. The highest BCUT2D eigenvalue weighted by Gasteiger charge is 2.31. The fourth-order valence-electron chi connectivity index (χ4n) is 4.93. The summed E-state index contributed by atoms with van der Waals surface area (Å²) in [7, 11) is 1.68. The molecule has 176 valence electrons. The maximum Gasteiger partial charge on any atom is 0.254 e. The number of carbonyl (C=O) groups excluding carboxylic acids is 1. The first kappa shape index (κ1) is 22.3. The Labute approximate surface area is 201 Å². The van der Waals surface area contributed by atoms with Crippen molar-refractivity contribution >= 4 is 17.3 Å². The van der Waals surface area contributed by atoms with Gasteiger partial charge in [-0.25, -0.2) is 0 Å². The van der Waals surface area contributed by atoms with Crippen molar-refractivity contribution < 1.29 is 9.53 Å². The van der Waals surface area contributed by atoms with Gasteiger partial charge in [0.1, 0.15) is 11.9 Å². The molecule has 1 amide bonds. The van der Waals surface area contributed by atoms with E-state index in [1.807, 2.05) is 30.3 Å². The number of hydrogen-bond acceptors (Lipinski definition) is 5. The number of rotatable bonds is 7. The van der Waals surface area contributed by atoms with Crippen LogP contribution in [0.3, 0.4) is 0 Å². The molecule has 6 nitrogen and oxygen atoms in total. The Hall–Kier alpha value is -3.51. The molecule has 1 unspecified atom stereocenters. The number of fused-ring (bicyclic) bond motifs is 1. The van der Waals surface area contributed by atoms with Crippen LogP contribution in [0.2, 0.25) is 0 Å². The van der Waals surface area contributed by atoms with Gasteiger partial charge in [0.25, 0.3) is 5.91 Å². The number of methoxy groups -OCH3 is 1. The number of nitrogens with one attached hydrogen (secondary N) is 1. The minimum Gasteiger partial charge on any atom is -0.497 e. The number of benzene rings is 3. The van der Waals surface area contributed by atoms with Crippen LogP contribution in [0.1, 0.15) is 15.9 Å². The summed E-state index contributed by atoms with van der Waals surface area (Å²) in [6, 6.07) is 26.7. The van der Waals surface area contributed by atoms with Crippen molar-refractivity contribution in [1.82, 2.24) is 10.2 Å². The molecule has 0 aromatic heterocycles.